The van der Waals surface area contributed by atoms with Crippen LogP contribution in [0.5, 0.6) is 0 Å². The fourth-order valence-electron chi connectivity index (χ4n) is 2.36. The number of carbonyl (C=O) groups excluding carboxylic acids is 2. The molecule has 1 aliphatic rings. The maximum atomic E-state index is 12.2. The Morgan fingerprint density at radius 3 is 2.58 bits per heavy atom. The Morgan fingerprint density at radius 2 is 1.79 bits per heavy atom. The minimum atomic E-state index is -0.138. The molecule has 0 radical (unpaired) electrons. The molecule has 0 saturated carbocycles. The highest BCUT2D eigenvalue weighted by molar-refractivity contribution is 7.80. The van der Waals surface area contributed by atoms with Crippen molar-refractivity contribution in [1.82, 2.24) is 4.90 Å². The summed E-state index contributed by atoms with van der Waals surface area (Å²) in [6, 6.07) is 7.37. The molecule has 0 spiro atoms. The van der Waals surface area contributed by atoms with E-state index in [9.17, 15) is 9.59 Å². The first-order valence-electron chi connectivity index (χ1n) is 6.77. The predicted molar refractivity (Wildman–Crippen MR) is 78.5 cm³/mol. The molecule has 102 valence electrons. The van der Waals surface area contributed by atoms with Crippen molar-refractivity contribution in [3.05, 3.63) is 35.4 Å². The molecular weight excluding hydrogens is 258 g/mol. The zero-order valence-corrected chi connectivity index (χ0v) is 11.9. The number of unbranched alkanes of at least 4 members (excludes halogenated alkanes) is 3. The summed E-state index contributed by atoms with van der Waals surface area (Å²) >= 11 is 4.17. The molecule has 0 fully saturated rings. The lowest BCUT2D eigenvalue weighted by Crippen LogP contribution is -2.42. The van der Waals surface area contributed by atoms with Crippen molar-refractivity contribution >= 4 is 24.4 Å². The number of benzene rings is 1. The summed E-state index contributed by atoms with van der Waals surface area (Å²) in [4.78, 5) is 25.6. The van der Waals surface area contributed by atoms with Crippen LogP contribution < -0.4 is 0 Å². The Balaban J connectivity index is 1.95. The van der Waals surface area contributed by atoms with E-state index in [0.717, 1.165) is 37.0 Å². The third-order valence-corrected chi connectivity index (χ3v) is 3.74. The lowest BCUT2D eigenvalue weighted by molar-refractivity contribution is -0.128. The maximum Gasteiger partial charge on any atom is 0.260 e. The van der Waals surface area contributed by atoms with Gasteiger partial charge in [0, 0.05) is 12.1 Å². The maximum absolute atomic E-state index is 12.2. The summed E-state index contributed by atoms with van der Waals surface area (Å²) in [5.41, 5.74) is 1.53. The molecule has 0 aliphatic carbocycles. The zero-order chi connectivity index (χ0) is 13.7. The van der Waals surface area contributed by atoms with Gasteiger partial charge in [-0.15, -0.1) is 0 Å². The second-order valence-corrected chi connectivity index (χ2v) is 5.27. The van der Waals surface area contributed by atoms with Crippen LogP contribution in [0.3, 0.4) is 0 Å². The van der Waals surface area contributed by atoms with Gasteiger partial charge < -0.3 is 0 Å². The average molecular weight is 277 g/mol. The number of carbonyl (C=O) groups is 2. The van der Waals surface area contributed by atoms with Gasteiger partial charge in [0.15, 0.2) is 0 Å². The van der Waals surface area contributed by atoms with Gasteiger partial charge in [-0.25, -0.2) is 0 Å². The van der Waals surface area contributed by atoms with Gasteiger partial charge in [-0.1, -0.05) is 31.0 Å². The summed E-state index contributed by atoms with van der Waals surface area (Å²) in [7, 11) is 0. The van der Waals surface area contributed by atoms with E-state index in [0.29, 0.717) is 18.5 Å². The Kier molecular flexibility index (Phi) is 5.02. The highest BCUT2D eigenvalue weighted by atomic mass is 32.1. The van der Waals surface area contributed by atoms with Gasteiger partial charge in [0.05, 0.1) is 6.42 Å². The van der Waals surface area contributed by atoms with Gasteiger partial charge in [-0.3, -0.25) is 14.5 Å². The number of hydrogen-bond acceptors (Lipinski definition) is 3. The van der Waals surface area contributed by atoms with Crippen LogP contribution in [0, 0.1) is 0 Å². The Morgan fingerprint density at radius 1 is 1.05 bits per heavy atom. The molecule has 0 aromatic heterocycles. The van der Waals surface area contributed by atoms with Crippen LogP contribution >= 0.6 is 12.6 Å². The van der Waals surface area contributed by atoms with E-state index in [1.165, 1.54) is 4.90 Å². The first kappa shape index (κ1) is 14.1. The van der Waals surface area contributed by atoms with Crippen LogP contribution in [0.1, 0.15) is 41.6 Å². The third kappa shape index (κ3) is 3.38. The van der Waals surface area contributed by atoms with Crippen LogP contribution in [0.2, 0.25) is 0 Å². The van der Waals surface area contributed by atoms with E-state index in [-0.39, 0.29) is 11.8 Å². The zero-order valence-electron chi connectivity index (χ0n) is 11.0. The van der Waals surface area contributed by atoms with E-state index >= 15 is 0 Å². The van der Waals surface area contributed by atoms with Gasteiger partial charge in [-0.2, -0.15) is 12.6 Å². The molecule has 1 aliphatic heterocycles. The molecule has 4 heteroatoms. The average Bonchev–Trinajstić information content (AvgIpc) is 2.42. The molecule has 2 rings (SSSR count). The van der Waals surface area contributed by atoms with Crippen molar-refractivity contribution in [1.29, 1.82) is 0 Å². The minimum Gasteiger partial charge on any atom is -0.278 e. The third-order valence-electron chi connectivity index (χ3n) is 3.43. The molecule has 2 amide bonds. The first-order chi connectivity index (χ1) is 9.24. The summed E-state index contributed by atoms with van der Waals surface area (Å²) in [5.74, 6) is 0.688. The largest absolute Gasteiger partial charge is 0.278 e. The van der Waals surface area contributed by atoms with Crippen LogP contribution in [-0.4, -0.2) is 29.0 Å². The monoisotopic (exact) mass is 277 g/mol. The molecule has 0 N–H and O–H groups in total. The van der Waals surface area contributed by atoms with E-state index in [4.69, 9.17) is 0 Å². The molecule has 0 bridgehead atoms. The number of nitrogens with zero attached hydrogens (tertiary/aromatic N) is 1. The number of amides is 2. The molecule has 3 nitrogen and oxygen atoms in total. The van der Waals surface area contributed by atoms with E-state index in [1.807, 2.05) is 18.2 Å². The number of fused-ring (bicyclic) bond motifs is 1. The number of thiol groups is 1. The second-order valence-electron chi connectivity index (χ2n) is 4.82. The Hall–Kier alpha value is -1.29. The highest BCUT2D eigenvalue weighted by Gasteiger charge is 2.29. The van der Waals surface area contributed by atoms with Gasteiger partial charge in [0.1, 0.15) is 0 Å². The van der Waals surface area contributed by atoms with Crippen molar-refractivity contribution in [2.24, 2.45) is 0 Å². The second kappa shape index (κ2) is 6.75. The van der Waals surface area contributed by atoms with Crippen LogP contribution in [-0.2, 0) is 11.2 Å². The standard InChI is InChI=1S/C15H19NO2S/c17-14-11-12-7-3-4-8-13(12)15(18)16(14)9-5-1-2-6-10-19/h3-4,7-8,19H,1-2,5-6,9-11H2. The molecule has 1 heterocycles. The molecule has 1 aromatic rings. The van der Waals surface area contributed by atoms with Crippen molar-refractivity contribution in [3.8, 4) is 0 Å². The number of imide groups is 1. The number of rotatable bonds is 6. The Labute approximate surface area is 119 Å². The van der Waals surface area contributed by atoms with Crippen LogP contribution in [0.15, 0.2) is 24.3 Å². The molecule has 0 unspecified atom stereocenters. The number of hydrogen-bond donors (Lipinski definition) is 1. The SMILES string of the molecule is O=C1Cc2ccccc2C(=O)N1CCCCCCS. The van der Waals surface area contributed by atoms with Gasteiger partial charge in [0.25, 0.3) is 5.91 Å². The normalized spacial score (nSPS) is 14.7. The topological polar surface area (TPSA) is 37.4 Å². The van der Waals surface area contributed by atoms with Crippen LogP contribution in [0.25, 0.3) is 0 Å². The summed E-state index contributed by atoms with van der Waals surface area (Å²) in [6.45, 7) is 0.540. The van der Waals surface area contributed by atoms with Crippen molar-refractivity contribution in [2.75, 3.05) is 12.3 Å². The highest BCUT2D eigenvalue weighted by Crippen LogP contribution is 2.20. The van der Waals surface area contributed by atoms with Crippen molar-refractivity contribution < 1.29 is 9.59 Å². The minimum absolute atomic E-state index is 0.0714. The lowest BCUT2D eigenvalue weighted by Gasteiger charge is -2.26. The van der Waals surface area contributed by atoms with E-state index in [1.54, 1.807) is 6.07 Å². The fraction of sp³-hybridized carbons (Fsp3) is 0.467. The Bertz CT molecular complexity index is 473. The molecule has 19 heavy (non-hydrogen) atoms. The van der Waals surface area contributed by atoms with Crippen molar-refractivity contribution in [3.63, 3.8) is 0 Å². The molecular formula is C15H19NO2S. The van der Waals surface area contributed by atoms with Gasteiger partial charge in [-0.05, 0) is 30.2 Å². The molecule has 0 saturated heterocycles. The van der Waals surface area contributed by atoms with Crippen molar-refractivity contribution in [2.45, 2.75) is 32.1 Å². The molecule has 1 aromatic carbocycles. The fourth-order valence-corrected chi connectivity index (χ4v) is 2.59. The van der Waals surface area contributed by atoms with Gasteiger partial charge >= 0.3 is 0 Å². The molecule has 0 atom stereocenters. The van der Waals surface area contributed by atoms with Gasteiger partial charge in [0.2, 0.25) is 5.91 Å². The predicted octanol–water partition coefficient (Wildman–Crippen LogP) is 2.70. The van der Waals surface area contributed by atoms with E-state index < -0.39 is 0 Å². The lowest BCUT2D eigenvalue weighted by atomic mass is 9.98. The first-order valence-corrected chi connectivity index (χ1v) is 7.40. The van der Waals surface area contributed by atoms with E-state index in [2.05, 4.69) is 12.6 Å². The smallest absolute Gasteiger partial charge is 0.260 e. The summed E-state index contributed by atoms with van der Waals surface area (Å²) in [6.07, 6.45) is 4.47. The summed E-state index contributed by atoms with van der Waals surface area (Å²) < 4.78 is 0. The quantitative estimate of drug-likeness (QED) is 0.493. The van der Waals surface area contributed by atoms with Crippen LogP contribution in [0.4, 0.5) is 0 Å². The summed E-state index contributed by atoms with van der Waals surface area (Å²) in [5, 5.41) is 0.